The number of aromatic nitrogens is 4. The molecule has 2 aliphatic rings. The summed E-state index contributed by atoms with van der Waals surface area (Å²) < 4.78 is 0. The Morgan fingerprint density at radius 3 is 2.14 bits per heavy atom. The molecule has 0 atom stereocenters. The first-order valence-corrected chi connectivity index (χ1v) is 12.5. The number of piperidine rings is 2. The molecule has 0 spiro atoms. The highest BCUT2D eigenvalue weighted by molar-refractivity contribution is 5.90. The van der Waals surface area contributed by atoms with Gasteiger partial charge in [0.2, 0.25) is 5.95 Å². The zero-order valence-corrected chi connectivity index (χ0v) is 20.2. The number of nitrogens with zero attached hydrogens (tertiary/aromatic N) is 7. The third-order valence-corrected chi connectivity index (χ3v) is 7.27. The average molecular weight is 484 g/mol. The van der Waals surface area contributed by atoms with E-state index in [1.807, 2.05) is 12.1 Å². The number of H-pyrrole nitrogens is 1. The van der Waals surface area contributed by atoms with Crippen molar-refractivity contribution in [2.75, 3.05) is 41.3 Å². The van der Waals surface area contributed by atoms with E-state index in [-0.39, 0.29) is 5.56 Å². The van der Waals surface area contributed by atoms with E-state index in [0.29, 0.717) is 47.3 Å². The lowest BCUT2D eigenvalue weighted by Gasteiger charge is -2.33. The Labute approximate surface area is 209 Å². The normalized spacial score (nSPS) is 17.1. The summed E-state index contributed by atoms with van der Waals surface area (Å²) in [6.45, 7) is 3.44. The Morgan fingerprint density at radius 1 is 0.917 bits per heavy atom. The molecule has 0 radical (unpaired) electrons. The lowest BCUT2D eigenvalue weighted by atomic mass is 9.94. The number of hydrogen-bond acceptors (Lipinski definition) is 9. The van der Waals surface area contributed by atoms with Crippen LogP contribution in [0.1, 0.15) is 38.5 Å². The Hall–Kier alpha value is -4.18. The molecule has 2 N–H and O–H groups in total. The summed E-state index contributed by atoms with van der Waals surface area (Å²) in [6.07, 6.45) is 6.67. The molecule has 2 fully saturated rings. The van der Waals surface area contributed by atoms with Crippen LogP contribution in [-0.4, -0.2) is 46.3 Å². The van der Waals surface area contributed by atoms with Crippen LogP contribution in [0.5, 0.6) is 0 Å². The molecule has 0 aliphatic carbocycles. The molecule has 5 rings (SSSR count). The van der Waals surface area contributed by atoms with Crippen molar-refractivity contribution in [2.24, 2.45) is 11.8 Å². The van der Waals surface area contributed by atoms with Crippen LogP contribution in [0.3, 0.4) is 0 Å². The maximum atomic E-state index is 12.6. The number of nitriles is 2. The number of aromatic amines is 1. The SMILES string of the molecule is N#CCC1CCN(c2ccc(Nc3nc(N4CCC(CC#N)CC4)nc4cn[nH]c(=O)c34)cc2)CC1. The predicted octanol–water partition coefficient (Wildman–Crippen LogP) is 3.72. The standard InChI is InChI=1S/C26H29N9O/c27-11-5-18-7-13-34(14-8-18)21-3-1-20(2-4-21)30-24-23-22(17-29-33-25(23)36)31-26(32-24)35-15-9-19(6-12-28)10-16-35/h1-4,17-19H,5-10,13-16H2,(H,33,36)(H,30,31,32). The number of benzene rings is 1. The fraction of sp³-hybridized carbons (Fsp3) is 0.462. The van der Waals surface area contributed by atoms with Gasteiger partial charge < -0.3 is 15.1 Å². The molecule has 2 aliphatic heterocycles. The Balaban J connectivity index is 1.35. The van der Waals surface area contributed by atoms with Gasteiger partial charge in [0, 0.05) is 50.4 Å². The molecule has 3 aromatic rings. The monoisotopic (exact) mass is 483 g/mol. The maximum Gasteiger partial charge on any atom is 0.277 e. The van der Waals surface area contributed by atoms with Crippen LogP contribution >= 0.6 is 0 Å². The highest BCUT2D eigenvalue weighted by atomic mass is 16.1. The van der Waals surface area contributed by atoms with Gasteiger partial charge in [0.25, 0.3) is 5.56 Å². The molecule has 36 heavy (non-hydrogen) atoms. The van der Waals surface area contributed by atoms with E-state index in [9.17, 15) is 4.79 Å². The summed E-state index contributed by atoms with van der Waals surface area (Å²) in [6, 6.07) is 12.7. The van der Waals surface area contributed by atoms with Gasteiger partial charge in [-0.3, -0.25) is 4.79 Å². The van der Waals surface area contributed by atoms with E-state index in [4.69, 9.17) is 15.5 Å². The van der Waals surface area contributed by atoms with Crippen LogP contribution < -0.4 is 20.7 Å². The molecule has 4 heterocycles. The van der Waals surface area contributed by atoms with E-state index >= 15 is 0 Å². The van der Waals surface area contributed by atoms with Crippen LogP contribution in [0.25, 0.3) is 10.9 Å². The van der Waals surface area contributed by atoms with Gasteiger partial charge in [0.05, 0.1) is 18.3 Å². The van der Waals surface area contributed by atoms with Crippen LogP contribution in [-0.2, 0) is 0 Å². The molecule has 1 aromatic carbocycles. The van der Waals surface area contributed by atoms with Crippen molar-refractivity contribution in [2.45, 2.75) is 38.5 Å². The number of anilines is 4. The summed E-state index contributed by atoms with van der Waals surface area (Å²) in [4.78, 5) is 26.4. The van der Waals surface area contributed by atoms with E-state index in [1.165, 1.54) is 0 Å². The zero-order chi connectivity index (χ0) is 24.9. The van der Waals surface area contributed by atoms with Gasteiger partial charge in [-0.05, 0) is 61.8 Å². The van der Waals surface area contributed by atoms with Crippen molar-refractivity contribution in [1.29, 1.82) is 10.5 Å². The minimum absolute atomic E-state index is 0.342. The van der Waals surface area contributed by atoms with Crippen molar-refractivity contribution >= 4 is 34.0 Å². The number of hydrogen-bond donors (Lipinski definition) is 2. The minimum Gasteiger partial charge on any atom is -0.372 e. The van der Waals surface area contributed by atoms with Gasteiger partial charge in [-0.15, -0.1) is 0 Å². The van der Waals surface area contributed by atoms with Gasteiger partial charge in [-0.1, -0.05) is 0 Å². The molecule has 0 unspecified atom stereocenters. The van der Waals surface area contributed by atoms with Gasteiger partial charge in [-0.25, -0.2) is 10.1 Å². The highest BCUT2D eigenvalue weighted by Crippen LogP contribution is 2.29. The molecule has 10 nitrogen and oxygen atoms in total. The van der Waals surface area contributed by atoms with Crippen molar-refractivity contribution in [3.8, 4) is 12.1 Å². The Kier molecular flexibility index (Phi) is 6.94. The van der Waals surface area contributed by atoms with E-state index in [2.05, 4.69) is 54.6 Å². The molecular weight excluding hydrogens is 454 g/mol. The van der Waals surface area contributed by atoms with Crippen molar-refractivity contribution in [3.63, 3.8) is 0 Å². The van der Waals surface area contributed by atoms with Gasteiger partial charge in [-0.2, -0.15) is 20.6 Å². The van der Waals surface area contributed by atoms with Crippen LogP contribution in [0.4, 0.5) is 23.1 Å². The smallest absolute Gasteiger partial charge is 0.277 e. The first-order chi connectivity index (χ1) is 17.6. The summed E-state index contributed by atoms with van der Waals surface area (Å²) >= 11 is 0. The van der Waals surface area contributed by atoms with Crippen molar-refractivity contribution in [3.05, 3.63) is 40.8 Å². The van der Waals surface area contributed by atoms with Crippen LogP contribution in [0.15, 0.2) is 35.3 Å². The second-order valence-electron chi connectivity index (χ2n) is 9.59. The van der Waals surface area contributed by atoms with Gasteiger partial charge in [0.1, 0.15) is 16.7 Å². The largest absolute Gasteiger partial charge is 0.372 e. The molecule has 0 amide bonds. The van der Waals surface area contributed by atoms with Crippen LogP contribution in [0.2, 0.25) is 0 Å². The molecule has 2 aromatic heterocycles. The first-order valence-electron chi connectivity index (χ1n) is 12.5. The topological polar surface area (TPSA) is 138 Å². The second-order valence-corrected chi connectivity index (χ2v) is 9.59. The maximum absolute atomic E-state index is 12.6. The quantitative estimate of drug-likeness (QED) is 0.537. The molecular formula is C26H29N9O. The highest BCUT2D eigenvalue weighted by Gasteiger charge is 2.23. The number of nitrogens with one attached hydrogen (secondary N) is 2. The predicted molar refractivity (Wildman–Crippen MR) is 138 cm³/mol. The lowest BCUT2D eigenvalue weighted by Crippen LogP contribution is -2.35. The summed E-state index contributed by atoms with van der Waals surface area (Å²) in [5, 5.41) is 28.1. The average Bonchev–Trinajstić information content (AvgIpc) is 2.90. The summed E-state index contributed by atoms with van der Waals surface area (Å²) in [7, 11) is 0. The summed E-state index contributed by atoms with van der Waals surface area (Å²) in [5.74, 6) is 1.91. The Bertz CT molecular complexity index is 1340. The van der Waals surface area contributed by atoms with E-state index < -0.39 is 0 Å². The van der Waals surface area contributed by atoms with E-state index in [1.54, 1.807) is 6.20 Å². The third kappa shape index (κ3) is 5.08. The molecule has 0 saturated carbocycles. The number of rotatable bonds is 6. The molecule has 0 bridgehead atoms. The molecule has 2 saturated heterocycles. The third-order valence-electron chi connectivity index (χ3n) is 7.27. The van der Waals surface area contributed by atoms with E-state index in [0.717, 1.165) is 63.2 Å². The van der Waals surface area contributed by atoms with Crippen molar-refractivity contribution in [1.82, 2.24) is 20.2 Å². The second kappa shape index (κ2) is 10.6. The molecule has 184 valence electrons. The zero-order valence-electron chi connectivity index (χ0n) is 20.2. The van der Waals surface area contributed by atoms with Gasteiger partial charge >= 0.3 is 0 Å². The minimum atomic E-state index is -0.342. The molecule has 10 heteroatoms. The fourth-order valence-corrected chi connectivity index (χ4v) is 5.11. The first kappa shape index (κ1) is 23.6. The van der Waals surface area contributed by atoms with Crippen molar-refractivity contribution < 1.29 is 0 Å². The lowest BCUT2D eigenvalue weighted by molar-refractivity contribution is 0.409. The number of fused-ring (bicyclic) bond motifs is 1. The van der Waals surface area contributed by atoms with Gasteiger partial charge in [0.15, 0.2) is 0 Å². The van der Waals surface area contributed by atoms with Crippen LogP contribution in [0, 0.1) is 34.5 Å². The Morgan fingerprint density at radius 2 is 1.53 bits per heavy atom. The fourth-order valence-electron chi connectivity index (χ4n) is 5.11. The summed E-state index contributed by atoms with van der Waals surface area (Å²) in [5.41, 5.74) is 2.12.